The van der Waals surface area contributed by atoms with Gasteiger partial charge in [0.1, 0.15) is 5.70 Å². The van der Waals surface area contributed by atoms with Gasteiger partial charge in [0.2, 0.25) is 0 Å². The Morgan fingerprint density at radius 2 is 1.66 bits per heavy atom. The van der Waals surface area contributed by atoms with E-state index in [-0.39, 0.29) is 25.0 Å². The SMILES string of the molecule is Cc1ccc(C2=C(N(C)CCO)C(=O)N(c3ccc(C(C)C)cc3)C2=O)c(C)c1. The number of imide groups is 1. The molecular formula is C24H28N2O3. The second-order valence-electron chi connectivity index (χ2n) is 7.88. The third kappa shape index (κ3) is 3.83. The Hall–Kier alpha value is -2.92. The van der Waals surface area contributed by atoms with Gasteiger partial charge in [-0.2, -0.15) is 0 Å². The Balaban J connectivity index is 2.11. The van der Waals surface area contributed by atoms with Crippen LogP contribution in [-0.4, -0.2) is 42.0 Å². The summed E-state index contributed by atoms with van der Waals surface area (Å²) in [5, 5.41) is 9.39. The molecule has 152 valence electrons. The molecule has 0 atom stereocenters. The molecule has 0 fully saturated rings. The van der Waals surface area contributed by atoms with Crippen molar-refractivity contribution in [1.29, 1.82) is 0 Å². The number of aryl methyl sites for hydroxylation is 2. The third-order valence-corrected chi connectivity index (χ3v) is 5.35. The molecule has 1 N–H and O–H groups in total. The van der Waals surface area contributed by atoms with Crippen molar-refractivity contribution < 1.29 is 14.7 Å². The summed E-state index contributed by atoms with van der Waals surface area (Å²) in [6.07, 6.45) is 0. The minimum absolute atomic E-state index is 0.106. The van der Waals surface area contributed by atoms with E-state index in [1.54, 1.807) is 11.9 Å². The highest BCUT2D eigenvalue weighted by molar-refractivity contribution is 6.45. The number of aliphatic hydroxyl groups excluding tert-OH is 1. The quantitative estimate of drug-likeness (QED) is 0.763. The Morgan fingerprint density at radius 3 is 2.21 bits per heavy atom. The highest BCUT2D eigenvalue weighted by Crippen LogP contribution is 2.36. The van der Waals surface area contributed by atoms with E-state index in [0.29, 0.717) is 22.9 Å². The van der Waals surface area contributed by atoms with E-state index >= 15 is 0 Å². The van der Waals surface area contributed by atoms with E-state index in [1.165, 1.54) is 4.90 Å². The van der Waals surface area contributed by atoms with Crippen molar-refractivity contribution in [2.24, 2.45) is 0 Å². The smallest absolute Gasteiger partial charge is 0.282 e. The number of nitrogens with zero attached hydrogens (tertiary/aromatic N) is 2. The first-order valence-corrected chi connectivity index (χ1v) is 9.89. The average molecular weight is 392 g/mol. The lowest BCUT2D eigenvalue weighted by Gasteiger charge is -2.20. The summed E-state index contributed by atoms with van der Waals surface area (Å²) >= 11 is 0. The molecule has 1 heterocycles. The van der Waals surface area contributed by atoms with E-state index in [9.17, 15) is 14.7 Å². The van der Waals surface area contributed by atoms with Gasteiger partial charge in [0.05, 0.1) is 17.9 Å². The van der Waals surface area contributed by atoms with Gasteiger partial charge in [0.15, 0.2) is 0 Å². The van der Waals surface area contributed by atoms with Crippen LogP contribution in [0, 0.1) is 13.8 Å². The number of amides is 2. The topological polar surface area (TPSA) is 60.9 Å². The normalized spacial score (nSPS) is 14.4. The molecule has 0 radical (unpaired) electrons. The summed E-state index contributed by atoms with van der Waals surface area (Å²) in [5.41, 5.74) is 5.19. The largest absolute Gasteiger partial charge is 0.395 e. The molecule has 0 bridgehead atoms. The Morgan fingerprint density at radius 1 is 1.00 bits per heavy atom. The molecule has 5 nitrogen and oxygen atoms in total. The number of benzene rings is 2. The lowest BCUT2D eigenvalue weighted by molar-refractivity contribution is -0.120. The van der Waals surface area contributed by atoms with Gasteiger partial charge in [-0.15, -0.1) is 0 Å². The zero-order valence-electron chi connectivity index (χ0n) is 17.7. The van der Waals surface area contributed by atoms with Gasteiger partial charge in [-0.1, -0.05) is 49.7 Å². The molecule has 0 saturated heterocycles. The van der Waals surface area contributed by atoms with Crippen LogP contribution >= 0.6 is 0 Å². The fraction of sp³-hybridized carbons (Fsp3) is 0.333. The van der Waals surface area contributed by atoms with Gasteiger partial charge >= 0.3 is 0 Å². The van der Waals surface area contributed by atoms with E-state index < -0.39 is 0 Å². The predicted octanol–water partition coefficient (Wildman–Crippen LogP) is 3.64. The second-order valence-corrected chi connectivity index (χ2v) is 7.88. The lowest BCUT2D eigenvalue weighted by Crippen LogP contribution is -2.34. The number of carbonyl (C=O) groups is 2. The highest BCUT2D eigenvalue weighted by atomic mass is 16.3. The minimum atomic E-state index is -0.363. The van der Waals surface area contributed by atoms with E-state index in [2.05, 4.69) is 13.8 Å². The number of likely N-dealkylation sites (N-methyl/N-ethyl adjacent to an activating group) is 1. The van der Waals surface area contributed by atoms with Gasteiger partial charge in [-0.05, 0) is 48.6 Å². The van der Waals surface area contributed by atoms with Crippen LogP contribution in [0.1, 0.15) is 42.0 Å². The first-order chi connectivity index (χ1) is 13.8. The number of carbonyl (C=O) groups excluding carboxylic acids is 2. The van der Waals surface area contributed by atoms with Crippen molar-refractivity contribution in [2.75, 3.05) is 25.1 Å². The van der Waals surface area contributed by atoms with E-state index in [0.717, 1.165) is 22.3 Å². The molecule has 29 heavy (non-hydrogen) atoms. The Labute approximate surface area is 172 Å². The molecule has 0 aromatic heterocycles. The second kappa shape index (κ2) is 8.21. The number of hydrogen-bond acceptors (Lipinski definition) is 4. The molecule has 2 aromatic rings. The number of rotatable bonds is 6. The van der Waals surface area contributed by atoms with Crippen LogP contribution < -0.4 is 4.90 Å². The van der Waals surface area contributed by atoms with Crippen molar-refractivity contribution >= 4 is 23.1 Å². The Bertz CT molecular complexity index is 974. The van der Waals surface area contributed by atoms with Crippen molar-refractivity contribution in [2.45, 2.75) is 33.6 Å². The summed E-state index contributed by atoms with van der Waals surface area (Å²) in [5.74, 6) is -0.332. The first kappa shape index (κ1) is 20.8. The van der Waals surface area contributed by atoms with Crippen LogP contribution in [0.2, 0.25) is 0 Å². The lowest BCUT2D eigenvalue weighted by atomic mass is 9.97. The zero-order chi connectivity index (χ0) is 21.3. The van der Waals surface area contributed by atoms with Crippen molar-refractivity contribution in [1.82, 2.24) is 4.90 Å². The predicted molar refractivity (Wildman–Crippen MR) is 116 cm³/mol. The van der Waals surface area contributed by atoms with Gasteiger partial charge in [-0.25, -0.2) is 4.90 Å². The van der Waals surface area contributed by atoms with Gasteiger partial charge < -0.3 is 10.0 Å². The third-order valence-electron chi connectivity index (χ3n) is 5.35. The molecular weight excluding hydrogens is 364 g/mol. The molecule has 2 aromatic carbocycles. The van der Waals surface area contributed by atoms with Crippen LogP contribution in [0.25, 0.3) is 5.57 Å². The van der Waals surface area contributed by atoms with Gasteiger partial charge in [0.25, 0.3) is 11.8 Å². The summed E-state index contributed by atoms with van der Waals surface area (Å²) in [7, 11) is 1.73. The highest BCUT2D eigenvalue weighted by Gasteiger charge is 2.42. The number of aliphatic hydroxyl groups is 1. The Kier molecular flexibility index (Phi) is 5.89. The maximum absolute atomic E-state index is 13.4. The monoisotopic (exact) mass is 392 g/mol. The van der Waals surface area contributed by atoms with E-state index in [4.69, 9.17) is 0 Å². The fourth-order valence-corrected chi connectivity index (χ4v) is 3.71. The van der Waals surface area contributed by atoms with Gasteiger partial charge in [0, 0.05) is 13.6 Å². The number of anilines is 1. The fourth-order valence-electron chi connectivity index (χ4n) is 3.71. The molecule has 0 aliphatic carbocycles. The standard InChI is InChI=1S/C24H28N2O3/c1-15(2)18-7-9-19(10-8-18)26-23(28)21(20-11-6-16(3)14-17(20)4)22(24(26)29)25(5)12-13-27/h6-11,14-15,27H,12-13H2,1-5H3. The summed E-state index contributed by atoms with van der Waals surface area (Å²) in [6, 6.07) is 13.4. The van der Waals surface area contributed by atoms with Gasteiger partial charge in [-0.3, -0.25) is 9.59 Å². The molecule has 0 spiro atoms. The van der Waals surface area contributed by atoms with Crippen LogP contribution in [-0.2, 0) is 9.59 Å². The molecule has 0 saturated carbocycles. The molecule has 1 aliphatic rings. The molecule has 3 rings (SSSR count). The first-order valence-electron chi connectivity index (χ1n) is 9.89. The minimum Gasteiger partial charge on any atom is -0.395 e. The summed E-state index contributed by atoms with van der Waals surface area (Å²) < 4.78 is 0. The zero-order valence-corrected chi connectivity index (χ0v) is 17.7. The van der Waals surface area contributed by atoms with Crippen molar-refractivity contribution in [3.05, 3.63) is 70.4 Å². The van der Waals surface area contributed by atoms with Crippen LogP contribution in [0.4, 0.5) is 5.69 Å². The van der Waals surface area contributed by atoms with Crippen molar-refractivity contribution in [3.63, 3.8) is 0 Å². The maximum atomic E-state index is 13.4. The van der Waals surface area contributed by atoms with Crippen molar-refractivity contribution in [3.8, 4) is 0 Å². The van der Waals surface area contributed by atoms with Crippen LogP contribution in [0.15, 0.2) is 48.2 Å². The van der Waals surface area contributed by atoms with E-state index in [1.807, 2.05) is 56.3 Å². The molecule has 0 unspecified atom stereocenters. The maximum Gasteiger partial charge on any atom is 0.282 e. The molecule has 2 amide bonds. The number of hydrogen-bond donors (Lipinski definition) is 1. The molecule has 1 aliphatic heterocycles. The van der Waals surface area contributed by atoms with Crippen LogP contribution in [0.5, 0.6) is 0 Å². The van der Waals surface area contributed by atoms with Crippen LogP contribution in [0.3, 0.4) is 0 Å². The average Bonchev–Trinajstić information content (AvgIpc) is 2.92. The summed E-state index contributed by atoms with van der Waals surface area (Å²) in [6.45, 7) is 8.30. The summed E-state index contributed by atoms with van der Waals surface area (Å²) in [4.78, 5) is 29.7. The molecule has 5 heteroatoms.